The second kappa shape index (κ2) is 8.43. The number of methoxy groups -OCH3 is 1. The maximum absolute atomic E-state index is 5.49. The van der Waals surface area contributed by atoms with Crippen molar-refractivity contribution < 1.29 is 4.74 Å². The minimum absolute atomic E-state index is 0. The van der Waals surface area contributed by atoms with Crippen LogP contribution in [0.1, 0.15) is 24.8 Å². The van der Waals surface area contributed by atoms with Gasteiger partial charge in [-0.2, -0.15) is 0 Å². The molecule has 1 N–H and O–H groups in total. The highest BCUT2D eigenvalue weighted by Gasteiger charge is 2.38. The van der Waals surface area contributed by atoms with Gasteiger partial charge in [-0.25, -0.2) is 0 Å². The fourth-order valence-electron chi connectivity index (χ4n) is 4.46. The first kappa shape index (κ1) is 19.2. The highest BCUT2D eigenvalue weighted by atomic mass is 35.5. The molecular weight excluding hydrogens is 344 g/mol. The minimum atomic E-state index is 0. The summed E-state index contributed by atoms with van der Waals surface area (Å²) in [6.45, 7) is 5.97. The summed E-state index contributed by atoms with van der Waals surface area (Å²) in [4.78, 5) is 2.64. The zero-order valence-corrected chi connectivity index (χ0v) is 16.4. The molecule has 2 aliphatic heterocycles. The first-order chi connectivity index (χ1) is 12.3. The van der Waals surface area contributed by atoms with E-state index in [0.717, 1.165) is 17.9 Å². The Balaban J connectivity index is 0.00000196. The van der Waals surface area contributed by atoms with Crippen molar-refractivity contribution >= 4 is 12.4 Å². The van der Waals surface area contributed by atoms with Crippen LogP contribution >= 0.6 is 12.4 Å². The molecule has 0 bridgehead atoms. The average molecular weight is 373 g/mol. The highest BCUT2D eigenvalue weighted by Crippen LogP contribution is 2.39. The molecule has 0 unspecified atom stereocenters. The van der Waals surface area contributed by atoms with E-state index in [2.05, 4.69) is 46.6 Å². The van der Waals surface area contributed by atoms with Crippen LogP contribution < -0.4 is 10.1 Å². The van der Waals surface area contributed by atoms with Gasteiger partial charge in [0.15, 0.2) is 0 Å². The maximum Gasteiger partial charge on any atom is 0.126 e. The Morgan fingerprint density at radius 3 is 2.46 bits per heavy atom. The largest absolute Gasteiger partial charge is 0.496 e. The normalized spacial score (nSPS) is 19.3. The van der Waals surface area contributed by atoms with Crippen molar-refractivity contribution in [2.75, 3.05) is 33.3 Å². The van der Waals surface area contributed by atoms with Gasteiger partial charge in [0.1, 0.15) is 5.75 Å². The number of rotatable bonds is 4. The van der Waals surface area contributed by atoms with E-state index in [-0.39, 0.29) is 12.4 Å². The number of nitrogens with one attached hydrogen (secondary N) is 1. The van der Waals surface area contributed by atoms with E-state index >= 15 is 0 Å². The van der Waals surface area contributed by atoms with Gasteiger partial charge in [-0.05, 0) is 61.5 Å². The van der Waals surface area contributed by atoms with Gasteiger partial charge < -0.3 is 10.1 Å². The monoisotopic (exact) mass is 372 g/mol. The summed E-state index contributed by atoms with van der Waals surface area (Å²) < 4.78 is 5.49. The maximum atomic E-state index is 5.49. The van der Waals surface area contributed by atoms with Gasteiger partial charge in [0.2, 0.25) is 0 Å². The number of halogens is 1. The molecule has 0 amide bonds. The van der Waals surface area contributed by atoms with E-state index in [0.29, 0.717) is 5.41 Å². The average Bonchev–Trinajstić information content (AvgIpc) is 3.04. The van der Waals surface area contributed by atoms with Crippen molar-refractivity contribution in [3.8, 4) is 16.9 Å². The van der Waals surface area contributed by atoms with E-state index < -0.39 is 0 Å². The number of nitrogens with zero attached hydrogens (tertiary/aromatic N) is 1. The van der Waals surface area contributed by atoms with Crippen molar-refractivity contribution in [1.82, 2.24) is 10.2 Å². The molecule has 3 nitrogen and oxygen atoms in total. The second-order valence-electron chi connectivity index (χ2n) is 7.61. The van der Waals surface area contributed by atoms with Crippen molar-refractivity contribution in [3.63, 3.8) is 0 Å². The summed E-state index contributed by atoms with van der Waals surface area (Å²) in [5.74, 6) is 0.933. The Hall–Kier alpha value is -1.55. The predicted octanol–water partition coefficient (Wildman–Crippen LogP) is 4.36. The third-order valence-electron chi connectivity index (χ3n) is 5.96. The van der Waals surface area contributed by atoms with Crippen LogP contribution in [0.15, 0.2) is 48.5 Å². The Morgan fingerprint density at radius 2 is 1.73 bits per heavy atom. The topological polar surface area (TPSA) is 24.5 Å². The van der Waals surface area contributed by atoms with E-state index in [1.807, 2.05) is 12.1 Å². The number of ether oxygens (including phenoxy) is 1. The summed E-state index contributed by atoms with van der Waals surface area (Å²) >= 11 is 0. The van der Waals surface area contributed by atoms with Gasteiger partial charge in [-0.15, -0.1) is 12.4 Å². The van der Waals surface area contributed by atoms with Gasteiger partial charge in [0, 0.05) is 18.7 Å². The first-order valence-corrected chi connectivity index (χ1v) is 9.43. The van der Waals surface area contributed by atoms with Gasteiger partial charge in [-0.1, -0.05) is 42.5 Å². The lowest BCUT2D eigenvalue weighted by Crippen LogP contribution is -2.38. The highest BCUT2D eigenvalue weighted by molar-refractivity contribution is 5.85. The molecular formula is C22H29ClN2O. The number of likely N-dealkylation sites (tertiary alicyclic amines) is 1. The Bertz CT molecular complexity index is 710. The molecule has 0 atom stereocenters. The molecule has 2 saturated heterocycles. The summed E-state index contributed by atoms with van der Waals surface area (Å²) in [5, 5.41) is 3.50. The fraction of sp³-hybridized carbons (Fsp3) is 0.455. The molecule has 2 aromatic rings. The van der Waals surface area contributed by atoms with Crippen molar-refractivity contribution in [3.05, 3.63) is 54.1 Å². The van der Waals surface area contributed by atoms with Crippen LogP contribution in [0.25, 0.3) is 11.1 Å². The number of hydrogen-bond donors (Lipinski definition) is 1. The molecule has 0 aromatic heterocycles. The number of para-hydroxylation sites is 1. The third-order valence-corrected chi connectivity index (χ3v) is 5.96. The van der Waals surface area contributed by atoms with Crippen molar-refractivity contribution in [2.45, 2.75) is 25.8 Å². The van der Waals surface area contributed by atoms with Gasteiger partial charge in [-0.3, -0.25) is 4.90 Å². The molecule has 2 aromatic carbocycles. The van der Waals surface area contributed by atoms with Crippen molar-refractivity contribution in [2.24, 2.45) is 5.41 Å². The molecule has 26 heavy (non-hydrogen) atoms. The van der Waals surface area contributed by atoms with Gasteiger partial charge >= 0.3 is 0 Å². The fourth-order valence-corrected chi connectivity index (χ4v) is 4.46. The summed E-state index contributed by atoms with van der Waals surface area (Å²) in [6.07, 6.45) is 4.06. The predicted molar refractivity (Wildman–Crippen MR) is 110 cm³/mol. The van der Waals surface area contributed by atoms with Crippen LogP contribution in [0.5, 0.6) is 5.75 Å². The number of piperidine rings is 1. The molecule has 0 aliphatic carbocycles. The zero-order valence-electron chi connectivity index (χ0n) is 15.5. The molecule has 2 aliphatic rings. The van der Waals surface area contributed by atoms with E-state index in [4.69, 9.17) is 4.74 Å². The smallest absolute Gasteiger partial charge is 0.126 e. The van der Waals surface area contributed by atoms with Crippen LogP contribution in [0.2, 0.25) is 0 Å². The van der Waals surface area contributed by atoms with Crippen LogP contribution in [-0.2, 0) is 6.54 Å². The molecule has 4 rings (SSSR count). The van der Waals surface area contributed by atoms with E-state index in [1.54, 1.807) is 7.11 Å². The lowest BCUT2D eigenvalue weighted by molar-refractivity contribution is 0.194. The SMILES string of the molecule is COc1ccccc1-c1ccc(CN2CCC3(CCNCC3)C2)cc1.Cl. The van der Waals surface area contributed by atoms with Crippen LogP contribution in [0.4, 0.5) is 0 Å². The van der Waals surface area contributed by atoms with Crippen LogP contribution in [0, 0.1) is 5.41 Å². The lowest BCUT2D eigenvalue weighted by atomic mass is 9.78. The van der Waals surface area contributed by atoms with E-state index in [9.17, 15) is 0 Å². The van der Waals surface area contributed by atoms with Gasteiger partial charge in [0.25, 0.3) is 0 Å². The molecule has 140 valence electrons. The van der Waals surface area contributed by atoms with Crippen molar-refractivity contribution in [1.29, 1.82) is 0 Å². The van der Waals surface area contributed by atoms with Gasteiger partial charge in [0.05, 0.1) is 7.11 Å². The molecule has 0 radical (unpaired) electrons. The lowest BCUT2D eigenvalue weighted by Gasteiger charge is -2.34. The Labute approximate surface area is 163 Å². The standard InChI is InChI=1S/C22H28N2O.ClH/c1-25-21-5-3-2-4-20(21)19-8-6-18(7-9-19)16-24-15-12-22(17-24)10-13-23-14-11-22;/h2-9,23H,10-17H2,1H3;1H. The summed E-state index contributed by atoms with van der Waals surface area (Å²) in [7, 11) is 1.73. The Morgan fingerprint density at radius 1 is 1.00 bits per heavy atom. The number of benzene rings is 2. The molecule has 1 spiro atoms. The summed E-state index contributed by atoms with van der Waals surface area (Å²) in [6, 6.07) is 17.2. The minimum Gasteiger partial charge on any atom is -0.496 e. The molecule has 2 fully saturated rings. The quantitative estimate of drug-likeness (QED) is 0.862. The zero-order chi connectivity index (χ0) is 17.1. The molecule has 4 heteroatoms. The van der Waals surface area contributed by atoms with Crippen LogP contribution in [0.3, 0.4) is 0 Å². The molecule has 2 heterocycles. The first-order valence-electron chi connectivity index (χ1n) is 9.43. The number of hydrogen-bond acceptors (Lipinski definition) is 3. The third kappa shape index (κ3) is 4.06. The summed E-state index contributed by atoms with van der Waals surface area (Å²) in [5.41, 5.74) is 4.37. The Kier molecular flexibility index (Phi) is 6.23. The second-order valence-corrected chi connectivity index (χ2v) is 7.61. The van der Waals surface area contributed by atoms with E-state index in [1.165, 1.54) is 56.6 Å². The van der Waals surface area contributed by atoms with Crippen LogP contribution in [-0.4, -0.2) is 38.2 Å². The molecule has 0 saturated carbocycles.